The molecular formula is C70H91N23. The summed E-state index contributed by atoms with van der Waals surface area (Å²) in [7, 11) is 0. The van der Waals surface area contributed by atoms with Crippen LogP contribution in [0, 0.1) is 0 Å². The highest BCUT2D eigenvalue weighted by Gasteiger charge is 2.21. The predicted octanol–water partition coefficient (Wildman–Crippen LogP) is 12.6. The van der Waals surface area contributed by atoms with Gasteiger partial charge in [-0.1, -0.05) is 125 Å². The molecule has 18 N–H and O–H groups in total. The molecule has 0 atom stereocenters. The molecule has 0 unspecified atom stereocenters. The van der Waals surface area contributed by atoms with Crippen molar-refractivity contribution in [3.8, 4) is 0 Å². The van der Waals surface area contributed by atoms with Crippen molar-refractivity contribution in [2.45, 2.75) is 157 Å². The monoisotopic (exact) mass is 1250 g/mol. The van der Waals surface area contributed by atoms with Gasteiger partial charge in [-0.15, -0.1) is 0 Å². The minimum atomic E-state index is -0.0251. The number of anilines is 9. The van der Waals surface area contributed by atoms with E-state index in [0.717, 1.165) is 83.2 Å². The Morgan fingerprint density at radius 2 is 0.613 bits per heavy atom. The van der Waals surface area contributed by atoms with Crippen molar-refractivity contribution in [1.82, 2.24) is 69.8 Å². The van der Waals surface area contributed by atoms with Crippen LogP contribution in [0.3, 0.4) is 0 Å². The van der Waals surface area contributed by atoms with E-state index in [0.29, 0.717) is 57.5 Å². The second-order valence-electron chi connectivity index (χ2n) is 28.7. The Morgan fingerprint density at radius 1 is 0.247 bits per heavy atom. The van der Waals surface area contributed by atoms with Crippen LogP contribution < -0.4 is 51.6 Å². The van der Waals surface area contributed by atoms with Crippen LogP contribution in [0.25, 0.3) is 65.9 Å². The molecule has 0 amide bonds. The van der Waals surface area contributed by atoms with Gasteiger partial charge in [-0.3, -0.25) is 9.97 Å². The van der Waals surface area contributed by atoms with E-state index < -0.39 is 0 Å². The van der Waals surface area contributed by atoms with E-state index in [9.17, 15) is 0 Å². The Morgan fingerprint density at radius 3 is 1.15 bits per heavy atom. The highest BCUT2D eigenvalue weighted by molar-refractivity contribution is 5.91. The number of hydrogen-bond donors (Lipinski definition) is 9. The van der Waals surface area contributed by atoms with Crippen molar-refractivity contribution in [3.63, 3.8) is 0 Å². The molecule has 93 heavy (non-hydrogen) atoms. The van der Waals surface area contributed by atoms with Gasteiger partial charge in [0.05, 0.1) is 16.4 Å². The summed E-state index contributed by atoms with van der Waals surface area (Å²) < 4.78 is 0. The van der Waals surface area contributed by atoms with Gasteiger partial charge in [-0.25, -0.2) is 44.9 Å². The van der Waals surface area contributed by atoms with Gasteiger partial charge in [0.1, 0.15) is 34.9 Å². The average molecular weight is 1250 g/mol. The van der Waals surface area contributed by atoms with Gasteiger partial charge in [0.25, 0.3) is 0 Å². The van der Waals surface area contributed by atoms with Crippen LogP contribution in [0.1, 0.15) is 159 Å². The maximum absolute atomic E-state index is 5.86. The lowest BCUT2D eigenvalue weighted by Crippen LogP contribution is -2.14. The van der Waals surface area contributed by atoms with Crippen molar-refractivity contribution < 1.29 is 0 Å². The number of nitrogens with two attached hydrogens (primary N) is 9. The van der Waals surface area contributed by atoms with Crippen LogP contribution in [0.5, 0.6) is 0 Å². The molecular weight excluding hydrogens is 1160 g/mol. The van der Waals surface area contributed by atoms with E-state index >= 15 is 0 Å². The normalized spacial score (nSPS) is 11.9. The van der Waals surface area contributed by atoms with Gasteiger partial charge >= 0.3 is 0 Å². The van der Waals surface area contributed by atoms with Crippen molar-refractivity contribution >= 4 is 118 Å². The average Bonchev–Trinajstić information content (AvgIpc) is 0.869. The molecule has 0 radical (unpaired) electrons. The molecule has 12 aromatic rings. The van der Waals surface area contributed by atoms with Gasteiger partial charge in [0.2, 0.25) is 11.9 Å². The Bertz CT molecular complexity index is 4170. The first-order valence-corrected chi connectivity index (χ1v) is 30.4. The number of fused-ring (bicyclic) bond motifs is 6. The van der Waals surface area contributed by atoms with E-state index in [1.165, 1.54) is 0 Å². The third kappa shape index (κ3) is 18.5. The Hall–Kier alpha value is -10.6. The molecule has 0 aliphatic rings. The summed E-state index contributed by atoms with van der Waals surface area (Å²) in [6.45, 7) is 38.1. The topological polar surface area (TPSA) is 415 Å². The van der Waals surface area contributed by atoms with Crippen LogP contribution in [0.2, 0.25) is 0 Å². The largest absolute Gasteiger partial charge is 0.398 e. The van der Waals surface area contributed by atoms with E-state index in [2.05, 4.69) is 194 Å². The van der Waals surface area contributed by atoms with Gasteiger partial charge < -0.3 is 51.6 Å². The smallest absolute Gasteiger partial charge is 0.224 e. The number of aromatic nitrogens is 14. The number of pyridine rings is 10. The van der Waals surface area contributed by atoms with Crippen LogP contribution in [0.15, 0.2) is 116 Å². The van der Waals surface area contributed by atoms with Crippen molar-refractivity contribution in [2.75, 3.05) is 51.6 Å². The van der Waals surface area contributed by atoms with Crippen LogP contribution in [-0.2, 0) is 32.5 Å². The highest BCUT2D eigenvalue weighted by Crippen LogP contribution is 2.30. The minimum absolute atomic E-state index is 0.00473. The lowest BCUT2D eigenvalue weighted by atomic mass is 9.91. The summed E-state index contributed by atoms with van der Waals surface area (Å²) in [5.41, 5.74) is 62.1. The quantitative estimate of drug-likeness (QED) is 0.0681. The second kappa shape index (κ2) is 27.1. The first kappa shape index (κ1) is 69.9. The highest BCUT2D eigenvalue weighted by atomic mass is 15.1. The molecule has 0 saturated carbocycles. The molecule has 0 spiro atoms. The zero-order valence-electron chi connectivity index (χ0n) is 56.9. The zero-order chi connectivity index (χ0) is 68.9. The molecule has 12 heterocycles. The lowest BCUT2D eigenvalue weighted by molar-refractivity contribution is 0.571. The maximum atomic E-state index is 5.86. The molecule has 23 nitrogen and oxygen atoms in total. The van der Waals surface area contributed by atoms with Crippen LogP contribution >= 0.6 is 0 Å². The predicted molar refractivity (Wildman–Crippen MR) is 385 cm³/mol. The maximum Gasteiger partial charge on any atom is 0.224 e. The number of rotatable bonds is 0. The summed E-state index contributed by atoms with van der Waals surface area (Å²) in [6.07, 6.45) is 3.45. The molecule has 486 valence electrons. The van der Waals surface area contributed by atoms with Crippen LogP contribution in [-0.4, -0.2) is 69.8 Å². The van der Waals surface area contributed by atoms with Crippen molar-refractivity contribution in [1.29, 1.82) is 0 Å². The third-order valence-corrected chi connectivity index (χ3v) is 14.3. The molecule has 0 aliphatic carbocycles. The first-order chi connectivity index (χ1) is 43.0. The third-order valence-electron chi connectivity index (χ3n) is 14.3. The lowest BCUT2D eigenvalue weighted by Gasteiger charge is -2.18. The Kier molecular flexibility index (Phi) is 20.4. The molecule has 0 bridgehead atoms. The van der Waals surface area contributed by atoms with Gasteiger partial charge in [-0.2, -0.15) is 15.0 Å². The van der Waals surface area contributed by atoms with Gasteiger partial charge in [0, 0.05) is 130 Å². The molecule has 12 aromatic heterocycles. The Balaban J connectivity index is 0.000000158. The number of nitrogen functional groups attached to an aromatic ring is 9. The SMILES string of the molecule is CC(C)(C)c1ccc2c(N)cc(N)nc2n1.CC(C)(C)c1ccc2c(N)nc(N)cc2n1.CC(C)(C)c1ccc2c(N)nc(N)nc2n1.CC(C)(C)c1ccc2ccc(N)nc2n1.CC(C)(C)c1ccc2cnc(N)cc2n1.CC(C)(C)c1ccc2cnc(N)nc2n1. The molecule has 0 aromatic carbocycles. The molecule has 23 heteroatoms. The van der Waals surface area contributed by atoms with E-state index in [1.54, 1.807) is 30.6 Å². The summed E-state index contributed by atoms with van der Waals surface area (Å²) >= 11 is 0. The second-order valence-corrected chi connectivity index (χ2v) is 28.7. The summed E-state index contributed by atoms with van der Waals surface area (Å²) in [6, 6.07) is 32.8. The summed E-state index contributed by atoms with van der Waals surface area (Å²) in [4.78, 5) is 59.6. The fraction of sp³-hybridized carbons (Fsp3) is 0.343. The van der Waals surface area contributed by atoms with E-state index in [-0.39, 0.29) is 44.4 Å². The first-order valence-electron chi connectivity index (χ1n) is 30.4. The van der Waals surface area contributed by atoms with Crippen molar-refractivity contribution in [3.05, 3.63) is 150 Å². The van der Waals surface area contributed by atoms with Gasteiger partial charge in [-0.05, 0) is 84.9 Å². The summed E-state index contributed by atoms with van der Waals surface area (Å²) in [5.74, 6) is 3.07. The molecule has 0 saturated heterocycles. The van der Waals surface area contributed by atoms with Crippen molar-refractivity contribution in [2.24, 2.45) is 0 Å². The standard InChI is InChI=1S/2C12H16N4.2C12H15N3.C11H15N5.C11H14N4/c1-12(2,3)9-5-4-7-8(15-9)6-10(13)16-11(7)14;1-12(2,3)9-5-4-7-8(13)6-10(14)16-11(7)15-9;1-12(2,3)9-6-4-8-5-7-10(13)15-11(8)14-9;1-12(2,3)10-5-4-8-7-14-11(13)6-9(8)15-10;1-11(2,3)7-5-4-6-8(12)15-10(13)16-9(6)14-7;1-11(2,3)8-5-4-7-6-13-10(12)15-9(7)14-8/h4-6H,1-3H3,(H4,13,14,16);4-6H,1-3H3,(H4,13,14,15,16);4-7H,1-3H3,(H2,13,14,15);4-7H,1-3H3,(H2,13,14);4-5H,1-3H3,(H4,12,13,14,15,16);4-6H,1-3H3,(H2,12,13,14,15). The minimum Gasteiger partial charge on any atom is -0.398 e. The van der Waals surface area contributed by atoms with E-state index in [1.807, 2.05) is 84.9 Å². The fourth-order valence-corrected chi connectivity index (χ4v) is 8.85. The zero-order valence-corrected chi connectivity index (χ0v) is 56.9. The van der Waals surface area contributed by atoms with Gasteiger partial charge in [0.15, 0.2) is 22.6 Å². The Labute approximate surface area is 544 Å². The summed E-state index contributed by atoms with van der Waals surface area (Å²) in [5, 5.41) is 5.40. The fourth-order valence-electron chi connectivity index (χ4n) is 8.85. The molecule has 0 fully saturated rings. The number of nitrogens with zero attached hydrogens (tertiary/aromatic N) is 14. The van der Waals surface area contributed by atoms with Crippen LogP contribution in [0.4, 0.5) is 52.5 Å². The van der Waals surface area contributed by atoms with E-state index in [4.69, 9.17) is 51.6 Å². The number of hydrogen-bond acceptors (Lipinski definition) is 23. The molecule has 12 rings (SSSR count). The molecule has 0 aliphatic heterocycles.